The van der Waals surface area contributed by atoms with Gasteiger partial charge < -0.3 is 9.26 Å². The van der Waals surface area contributed by atoms with E-state index in [-0.39, 0.29) is 35.5 Å². The lowest BCUT2D eigenvalue weighted by Gasteiger charge is -2.36. The summed E-state index contributed by atoms with van der Waals surface area (Å²) in [6.45, 7) is 1.12. The van der Waals surface area contributed by atoms with Crippen LogP contribution in [0.1, 0.15) is 20.1 Å². The van der Waals surface area contributed by atoms with E-state index < -0.39 is 24.8 Å². The molecule has 0 bridgehead atoms. The van der Waals surface area contributed by atoms with Crippen molar-refractivity contribution < 1.29 is 18.6 Å². The fourth-order valence-electron chi connectivity index (χ4n) is 2.99. The lowest BCUT2D eigenvalue weighted by molar-refractivity contribution is -0.124. The monoisotopic (exact) mass is 475 g/mol. The molecule has 1 amide bonds. The van der Waals surface area contributed by atoms with Gasteiger partial charge in [0.25, 0.3) is 5.56 Å². The molecule has 2 N–H and O–H groups in total. The number of anilines is 1. The Labute approximate surface area is 184 Å². The average molecular weight is 476 g/mol. The van der Waals surface area contributed by atoms with Crippen LogP contribution >= 0.6 is 18.1 Å². The Hall–Kier alpha value is -1.82. The fourth-order valence-corrected chi connectivity index (χ4v) is 3.74. The van der Waals surface area contributed by atoms with Crippen LogP contribution in [0.3, 0.4) is 0 Å². The van der Waals surface area contributed by atoms with E-state index in [2.05, 4.69) is 20.3 Å². The molecule has 2 aromatic rings. The highest BCUT2D eigenvalue weighted by Crippen LogP contribution is 2.54. The second-order valence-corrected chi connectivity index (χ2v) is 11.2. The molecule has 0 saturated carbocycles. The topological polar surface area (TPSA) is 135 Å². The number of morpholine rings is 1. The maximum absolute atomic E-state index is 12.4. The predicted molar refractivity (Wildman–Crippen MR) is 116 cm³/mol. The highest BCUT2D eigenvalue weighted by atomic mass is 35.7. The summed E-state index contributed by atoms with van der Waals surface area (Å²) in [6.07, 6.45) is 0.513. The Morgan fingerprint density at radius 1 is 1.48 bits per heavy atom. The number of likely N-dealkylation sites (N-methyl/N-ethyl adjacent to an activating group) is 1. The molecule has 3 atom stereocenters. The predicted octanol–water partition coefficient (Wildman–Crippen LogP) is 1.47. The Morgan fingerprint density at radius 3 is 2.84 bits per heavy atom. The van der Waals surface area contributed by atoms with Crippen molar-refractivity contribution in [2.75, 3.05) is 46.2 Å². The Bertz CT molecular complexity index is 1060. The number of nitrogens with zero attached hydrogens (tertiary/aromatic N) is 5. The van der Waals surface area contributed by atoms with Crippen LogP contribution < -0.4 is 10.9 Å². The molecule has 1 unspecified atom stereocenters. The summed E-state index contributed by atoms with van der Waals surface area (Å²) < 4.78 is 26.7. The number of carbonyl (C=O) groups excluding carboxylic acids is 1. The second-order valence-electron chi connectivity index (χ2n) is 7.91. The van der Waals surface area contributed by atoms with Gasteiger partial charge in [0.2, 0.25) is 11.9 Å². The van der Waals surface area contributed by atoms with Crippen molar-refractivity contribution in [3.8, 4) is 0 Å². The molecule has 1 fully saturated rings. The molecular weight excluding hydrogens is 449 g/mol. The van der Waals surface area contributed by atoms with Gasteiger partial charge >= 0.3 is 6.87 Å². The van der Waals surface area contributed by atoms with Gasteiger partial charge in [-0.3, -0.25) is 33.9 Å². The number of halogens is 1. The molecule has 1 saturated heterocycles. The van der Waals surface area contributed by atoms with Crippen LogP contribution in [0, 0.1) is 5.92 Å². The summed E-state index contributed by atoms with van der Waals surface area (Å²) in [4.78, 5) is 37.4. The number of fused-ring (bicyclic) bond motifs is 1. The number of hydrogen-bond donors (Lipinski definition) is 2. The summed E-state index contributed by atoms with van der Waals surface area (Å²) in [6, 6.07) is 0. The second kappa shape index (κ2) is 9.35. The van der Waals surface area contributed by atoms with Crippen molar-refractivity contribution in [3.05, 3.63) is 16.7 Å². The minimum absolute atomic E-state index is 0.0239. The van der Waals surface area contributed by atoms with Gasteiger partial charge in [-0.25, -0.2) is 9.65 Å². The largest absolute Gasteiger partial charge is 0.362 e. The zero-order valence-corrected chi connectivity index (χ0v) is 19.7. The minimum atomic E-state index is -3.41. The molecule has 0 aliphatic carbocycles. The van der Waals surface area contributed by atoms with Gasteiger partial charge in [0.15, 0.2) is 11.2 Å². The summed E-state index contributed by atoms with van der Waals surface area (Å²) >= 11 is 5.93. The summed E-state index contributed by atoms with van der Waals surface area (Å²) in [5.74, 6) is -0.510. The zero-order chi connectivity index (χ0) is 22.9. The number of hydrogen-bond acceptors (Lipinski definition) is 8. The average Bonchev–Trinajstić information content (AvgIpc) is 3.10. The maximum Gasteiger partial charge on any atom is 0.362 e. The number of imidazole rings is 1. The van der Waals surface area contributed by atoms with Gasteiger partial charge in [0, 0.05) is 19.0 Å². The van der Waals surface area contributed by atoms with Gasteiger partial charge in [-0.2, -0.15) is 4.98 Å². The fraction of sp³-hybridized carbons (Fsp3) is 0.647. The first kappa shape index (κ1) is 23.8. The van der Waals surface area contributed by atoms with Crippen LogP contribution in [0.4, 0.5) is 5.95 Å². The first-order chi connectivity index (χ1) is 14.5. The van der Waals surface area contributed by atoms with E-state index >= 15 is 0 Å². The van der Waals surface area contributed by atoms with Crippen LogP contribution in [0.2, 0.25) is 0 Å². The molecule has 0 aromatic carbocycles. The number of aromatic amines is 1. The quantitative estimate of drug-likeness (QED) is 0.570. The van der Waals surface area contributed by atoms with E-state index in [0.29, 0.717) is 13.1 Å². The Morgan fingerprint density at radius 2 is 2.19 bits per heavy atom. The first-order valence-corrected chi connectivity index (χ1v) is 12.2. The van der Waals surface area contributed by atoms with Gasteiger partial charge in [0.1, 0.15) is 6.23 Å². The van der Waals surface area contributed by atoms with E-state index in [0.717, 1.165) is 0 Å². The SMILES string of the molecule is CC(C)C(=O)Nc1nc2c(ncn2C2CN(C)C[C@@H](CO[P@](=O)(Cl)N(C)C)O2)c(=O)[nH]1. The number of carbonyl (C=O) groups is 1. The van der Waals surface area contributed by atoms with E-state index in [4.69, 9.17) is 20.5 Å². The molecule has 12 nitrogen and oxygen atoms in total. The lowest BCUT2D eigenvalue weighted by Crippen LogP contribution is -2.45. The number of rotatable bonds is 7. The third-order valence-corrected chi connectivity index (χ3v) is 7.36. The zero-order valence-electron chi connectivity index (χ0n) is 18.0. The molecule has 1 aliphatic rings. The molecule has 2 aromatic heterocycles. The van der Waals surface area contributed by atoms with Crippen molar-refractivity contribution in [3.63, 3.8) is 0 Å². The normalized spacial score (nSPS) is 22.2. The molecule has 1 aliphatic heterocycles. The summed E-state index contributed by atoms with van der Waals surface area (Å²) in [5.41, 5.74) is -0.0648. The number of aromatic nitrogens is 4. The molecule has 172 valence electrons. The first-order valence-electron chi connectivity index (χ1n) is 9.71. The molecule has 0 radical (unpaired) electrons. The van der Waals surface area contributed by atoms with Gasteiger partial charge in [-0.05, 0) is 32.4 Å². The summed E-state index contributed by atoms with van der Waals surface area (Å²) in [5, 5.41) is 2.59. The number of nitrogens with one attached hydrogen (secondary N) is 2. The highest BCUT2D eigenvalue weighted by Gasteiger charge is 2.32. The molecule has 3 rings (SSSR count). The van der Waals surface area contributed by atoms with Crippen LogP contribution in [-0.4, -0.2) is 81.9 Å². The van der Waals surface area contributed by atoms with Crippen LogP contribution in [0.5, 0.6) is 0 Å². The van der Waals surface area contributed by atoms with Gasteiger partial charge in [-0.15, -0.1) is 0 Å². The molecule has 0 spiro atoms. The number of ether oxygens (including phenoxy) is 1. The number of H-pyrrole nitrogens is 1. The van der Waals surface area contributed by atoms with Crippen LogP contribution in [0.25, 0.3) is 11.2 Å². The molecule has 14 heteroatoms. The number of amides is 1. The molecule has 3 heterocycles. The van der Waals surface area contributed by atoms with Crippen molar-refractivity contribution in [2.24, 2.45) is 5.92 Å². The summed E-state index contributed by atoms with van der Waals surface area (Å²) in [7, 11) is 5.05. The third kappa shape index (κ3) is 5.51. The smallest absolute Gasteiger partial charge is 0.350 e. The lowest BCUT2D eigenvalue weighted by atomic mass is 10.2. The highest BCUT2D eigenvalue weighted by molar-refractivity contribution is 7.83. The van der Waals surface area contributed by atoms with Crippen molar-refractivity contribution >= 4 is 41.1 Å². The third-order valence-electron chi connectivity index (χ3n) is 4.74. The standard InChI is InChI=1S/C17H27ClN7O5P/c1-10(2)15(26)21-17-20-14-13(16(27)22-17)19-9-25(14)12-7-24(5)6-11(30-12)8-29-31(18,28)23(3)4/h9-12H,6-8H2,1-5H3,(H2,20,21,22,26,27)/t11-,12?,31+/m0/s1. The Kier molecular flexibility index (Phi) is 7.19. The molecule has 31 heavy (non-hydrogen) atoms. The maximum atomic E-state index is 12.4. The van der Waals surface area contributed by atoms with E-state index in [1.54, 1.807) is 32.5 Å². The van der Waals surface area contributed by atoms with Gasteiger partial charge in [0.05, 0.1) is 19.0 Å². The van der Waals surface area contributed by atoms with Gasteiger partial charge in [-0.1, -0.05) is 13.8 Å². The van der Waals surface area contributed by atoms with E-state index in [9.17, 15) is 14.2 Å². The molecular formula is C17H27ClN7O5P. The van der Waals surface area contributed by atoms with E-state index in [1.165, 1.54) is 11.0 Å². The van der Waals surface area contributed by atoms with E-state index in [1.807, 2.05) is 11.9 Å². The van der Waals surface area contributed by atoms with Crippen LogP contribution in [0.15, 0.2) is 11.1 Å². The van der Waals surface area contributed by atoms with Crippen molar-refractivity contribution in [2.45, 2.75) is 26.2 Å². The van der Waals surface area contributed by atoms with Crippen molar-refractivity contribution in [1.29, 1.82) is 0 Å². The van der Waals surface area contributed by atoms with Crippen molar-refractivity contribution in [1.82, 2.24) is 29.1 Å². The van der Waals surface area contributed by atoms with Crippen LogP contribution in [-0.2, 0) is 18.6 Å². The Balaban J connectivity index is 1.84. The minimum Gasteiger partial charge on any atom is -0.350 e.